The van der Waals surface area contributed by atoms with Crippen molar-refractivity contribution in [2.45, 2.75) is 6.54 Å². The Morgan fingerprint density at radius 3 is 2.54 bits per heavy atom. The Bertz CT molecular complexity index is 861. The third-order valence-corrected chi connectivity index (χ3v) is 4.39. The topological polar surface area (TPSA) is 54.8 Å². The number of pyridine rings is 1. The van der Waals surface area contributed by atoms with Crippen LogP contribution in [-0.4, -0.2) is 48.7 Å². The van der Waals surface area contributed by atoms with Gasteiger partial charge in [0, 0.05) is 38.4 Å². The highest BCUT2D eigenvalue weighted by Gasteiger charge is 2.23. The first-order valence-electron chi connectivity index (χ1n) is 8.21. The van der Waals surface area contributed by atoms with Gasteiger partial charge in [-0.15, -0.1) is 0 Å². The Morgan fingerprint density at radius 1 is 1.15 bits per heavy atom. The van der Waals surface area contributed by atoms with Crippen LogP contribution in [0.25, 0.3) is 0 Å². The predicted octanol–water partition coefficient (Wildman–Crippen LogP) is 1.48. The zero-order chi connectivity index (χ0) is 18.7. The van der Waals surface area contributed by atoms with E-state index in [1.165, 1.54) is 30.0 Å². The molecule has 1 fully saturated rings. The highest BCUT2D eigenvalue weighted by Crippen LogP contribution is 2.21. The second-order valence-corrected chi connectivity index (χ2v) is 5.97. The van der Waals surface area contributed by atoms with E-state index in [1.807, 2.05) is 0 Å². The van der Waals surface area contributed by atoms with Gasteiger partial charge in [-0.25, -0.2) is 8.78 Å². The molecule has 1 aliphatic heterocycles. The Balaban J connectivity index is 1.63. The zero-order valence-electron chi connectivity index (χ0n) is 14.3. The van der Waals surface area contributed by atoms with Crippen molar-refractivity contribution in [1.29, 1.82) is 0 Å². The molecule has 2 aromatic rings. The van der Waals surface area contributed by atoms with Gasteiger partial charge in [0.1, 0.15) is 18.2 Å². The summed E-state index contributed by atoms with van der Waals surface area (Å²) < 4.78 is 33.2. The molecule has 0 bridgehead atoms. The Morgan fingerprint density at radius 2 is 1.88 bits per heavy atom. The average Bonchev–Trinajstić information content (AvgIpc) is 2.63. The quantitative estimate of drug-likeness (QED) is 0.826. The van der Waals surface area contributed by atoms with Gasteiger partial charge in [-0.2, -0.15) is 0 Å². The van der Waals surface area contributed by atoms with Crippen LogP contribution in [0.15, 0.2) is 41.3 Å². The normalized spacial score (nSPS) is 14.4. The molecule has 1 aromatic carbocycles. The molecule has 2 heterocycles. The van der Waals surface area contributed by atoms with Crippen LogP contribution in [-0.2, 0) is 11.3 Å². The van der Waals surface area contributed by atoms with Gasteiger partial charge >= 0.3 is 0 Å². The predicted molar refractivity (Wildman–Crippen MR) is 92.4 cm³/mol. The molecule has 1 aromatic heterocycles. The number of halogens is 2. The lowest BCUT2D eigenvalue weighted by Crippen LogP contribution is -2.50. The number of carbonyl (C=O) groups is 1. The van der Waals surface area contributed by atoms with Gasteiger partial charge in [-0.05, 0) is 24.3 Å². The third kappa shape index (κ3) is 3.68. The number of nitrogens with zero attached hydrogens (tertiary/aromatic N) is 3. The van der Waals surface area contributed by atoms with Crippen molar-refractivity contribution in [1.82, 2.24) is 9.47 Å². The van der Waals surface area contributed by atoms with Crippen LogP contribution in [0, 0.1) is 11.6 Å². The summed E-state index contributed by atoms with van der Waals surface area (Å²) >= 11 is 0. The maximum absolute atomic E-state index is 13.9. The van der Waals surface area contributed by atoms with Gasteiger partial charge in [0.05, 0.1) is 12.8 Å². The number of ether oxygens (including phenoxy) is 1. The lowest BCUT2D eigenvalue weighted by Gasteiger charge is -2.36. The number of hydrogen-bond donors (Lipinski definition) is 0. The fraction of sp³-hybridized carbons (Fsp3) is 0.333. The number of benzene rings is 1. The minimum Gasteiger partial charge on any atom is -0.491 e. The van der Waals surface area contributed by atoms with Crippen LogP contribution in [0.1, 0.15) is 0 Å². The van der Waals surface area contributed by atoms with Crippen molar-refractivity contribution < 1.29 is 18.3 Å². The standard InChI is InChI=1S/C18H19F2N3O3/c1-26-16-3-2-6-23(18(16)25)12-17(24)22-9-7-21(8-10-22)15-5-4-13(19)11-14(15)20/h2-6,11H,7-10,12H2,1H3. The molecule has 1 amide bonds. The molecule has 26 heavy (non-hydrogen) atoms. The second-order valence-electron chi connectivity index (χ2n) is 5.97. The van der Waals surface area contributed by atoms with E-state index >= 15 is 0 Å². The van der Waals surface area contributed by atoms with Gasteiger partial charge in [0.25, 0.3) is 5.56 Å². The van der Waals surface area contributed by atoms with Gasteiger partial charge in [0.15, 0.2) is 5.75 Å². The molecule has 6 nitrogen and oxygen atoms in total. The van der Waals surface area contributed by atoms with Crippen LogP contribution >= 0.6 is 0 Å². The maximum atomic E-state index is 13.9. The first kappa shape index (κ1) is 17.9. The lowest BCUT2D eigenvalue weighted by atomic mass is 10.2. The summed E-state index contributed by atoms with van der Waals surface area (Å²) in [5.74, 6) is -1.26. The van der Waals surface area contributed by atoms with Crippen molar-refractivity contribution >= 4 is 11.6 Å². The van der Waals surface area contributed by atoms with E-state index in [4.69, 9.17) is 4.74 Å². The summed E-state index contributed by atoms with van der Waals surface area (Å²) in [7, 11) is 1.40. The maximum Gasteiger partial charge on any atom is 0.293 e. The molecular formula is C18H19F2N3O3. The van der Waals surface area contributed by atoms with Gasteiger partial charge in [-0.3, -0.25) is 9.59 Å². The van der Waals surface area contributed by atoms with E-state index in [0.29, 0.717) is 31.9 Å². The van der Waals surface area contributed by atoms with Gasteiger partial charge < -0.3 is 19.1 Å². The fourth-order valence-electron chi connectivity index (χ4n) is 2.97. The van der Waals surface area contributed by atoms with E-state index in [-0.39, 0.29) is 23.8 Å². The minimum absolute atomic E-state index is 0.0824. The van der Waals surface area contributed by atoms with Crippen molar-refractivity contribution in [2.24, 2.45) is 0 Å². The molecule has 138 valence electrons. The number of amides is 1. The number of hydrogen-bond acceptors (Lipinski definition) is 4. The number of anilines is 1. The molecule has 0 saturated carbocycles. The van der Waals surface area contributed by atoms with Crippen molar-refractivity contribution in [3.63, 3.8) is 0 Å². The largest absolute Gasteiger partial charge is 0.491 e. The summed E-state index contributed by atoms with van der Waals surface area (Å²) in [5, 5.41) is 0. The Hall–Kier alpha value is -2.90. The molecule has 0 spiro atoms. The number of rotatable bonds is 4. The highest BCUT2D eigenvalue weighted by atomic mass is 19.1. The summed E-state index contributed by atoms with van der Waals surface area (Å²) in [6, 6.07) is 6.65. The smallest absolute Gasteiger partial charge is 0.293 e. The number of methoxy groups -OCH3 is 1. The van der Waals surface area contributed by atoms with E-state index in [0.717, 1.165) is 6.07 Å². The minimum atomic E-state index is -0.621. The summed E-state index contributed by atoms with van der Waals surface area (Å²) in [4.78, 5) is 28.0. The summed E-state index contributed by atoms with van der Waals surface area (Å²) in [6.07, 6.45) is 1.53. The Kier molecular flexibility index (Phi) is 5.20. The van der Waals surface area contributed by atoms with Crippen molar-refractivity contribution in [3.05, 3.63) is 58.5 Å². The second kappa shape index (κ2) is 7.55. The van der Waals surface area contributed by atoms with Gasteiger partial charge in [-0.1, -0.05) is 0 Å². The van der Waals surface area contributed by atoms with Crippen LogP contribution < -0.4 is 15.2 Å². The summed E-state index contributed by atoms with van der Waals surface area (Å²) in [5.41, 5.74) is -0.0436. The molecule has 0 aliphatic carbocycles. The van der Waals surface area contributed by atoms with Crippen LogP contribution in [0.5, 0.6) is 5.75 Å². The molecular weight excluding hydrogens is 344 g/mol. The molecule has 1 aliphatic rings. The van der Waals surface area contributed by atoms with E-state index in [1.54, 1.807) is 21.9 Å². The summed E-state index contributed by atoms with van der Waals surface area (Å²) in [6.45, 7) is 1.58. The van der Waals surface area contributed by atoms with E-state index in [9.17, 15) is 18.4 Å². The zero-order valence-corrected chi connectivity index (χ0v) is 14.3. The van der Waals surface area contributed by atoms with Crippen molar-refractivity contribution in [3.8, 4) is 5.75 Å². The highest BCUT2D eigenvalue weighted by molar-refractivity contribution is 5.76. The SMILES string of the molecule is COc1cccn(CC(=O)N2CCN(c3ccc(F)cc3F)CC2)c1=O. The van der Waals surface area contributed by atoms with Crippen LogP contribution in [0.4, 0.5) is 14.5 Å². The van der Waals surface area contributed by atoms with E-state index < -0.39 is 11.6 Å². The monoisotopic (exact) mass is 363 g/mol. The number of aromatic nitrogens is 1. The van der Waals surface area contributed by atoms with Gasteiger partial charge in [0.2, 0.25) is 5.91 Å². The third-order valence-electron chi connectivity index (χ3n) is 4.39. The lowest BCUT2D eigenvalue weighted by molar-refractivity contribution is -0.132. The fourth-order valence-corrected chi connectivity index (χ4v) is 2.97. The average molecular weight is 363 g/mol. The van der Waals surface area contributed by atoms with E-state index in [2.05, 4.69) is 0 Å². The Labute approximate surface area is 149 Å². The molecule has 8 heteroatoms. The van der Waals surface area contributed by atoms with Crippen molar-refractivity contribution in [2.75, 3.05) is 38.2 Å². The molecule has 1 saturated heterocycles. The first-order valence-corrected chi connectivity index (χ1v) is 8.21. The molecule has 0 radical (unpaired) electrons. The molecule has 3 rings (SSSR count). The first-order chi connectivity index (χ1) is 12.5. The molecule has 0 atom stereocenters. The molecule has 0 unspecified atom stereocenters. The molecule has 0 N–H and O–H groups in total. The van der Waals surface area contributed by atoms with Crippen LogP contribution in [0.2, 0.25) is 0 Å². The van der Waals surface area contributed by atoms with Crippen LogP contribution in [0.3, 0.4) is 0 Å². The number of piperazine rings is 1. The number of carbonyl (C=O) groups excluding carboxylic acids is 1.